The number of rotatable bonds is 3. The van der Waals surface area contributed by atoms with Crippen molar-refractivity contribution in [2.24, 2.45) is 0 Å². The largest absolute Gasteiger partial charge is 0.310 e. The summed E-state index contributed by atoms with van der Waals surface area (Å²) in [6, 6.07) is 42.4. The van der Waals surface area contributed by atoms with Crippen molar-refractivity contribution in [3.8, 4) is 23.3 Å². The van der Waals surface area contributed by atoms with E-state index in [1.165, 1.54) is 0 Å². The van der Waals surface area contributed by atoms with Crippen LogP contribution < -0.4 is 4.90 Å². The van der Waals surface area contributed by atoms with Gasteiger partial charge in [-0.3, -0.25) is 0 Å². The fraction of sp³-hybridized carbons (Fsp3) is 0.0811. The maximum absolute atomic E-state index is 10.2. The number of nitrogens with zero attached hydrogens (tertiary/aromatic N) is 3. The van der Waals surface area contributed by atoms with Crippen LogP contribution in [0.3, 0.4) is 0 Å². The van der Waals surface area contributed by atoms with E-state index >= 15 is 0 Å². The van der Waals surface area contributed by atoms with E-state index < -0.39 is 5.41 Å². The van der Waals surface area contributed by atoms with E-state index in [9.17, 15) is 10.5 Å². The lowest BCUT2D eigenvalue weighted by molar-refractivity contribution is 0.752. The van der Waals surface area contributed by atoms with Crippen molar-refractivity contribution in [2.75, 3.05) is 4.90 Å². The minimum absolute atomic E-state index is 0.608. The molecule has 0 N–H and O–H groups in total. The van der Waals surface area contributed by atoms with E-state index in [2.05, 4.69) is 115 Å². The molecule has 7 rings (SSSR count). The smallest absolute Gasteiger partial charge is 0.0991 e. The molecule has 0 saturated carbocycles. The van der Waals surface area contributed by atoms with Gasteiger partial charge in [0.25, 0.3) is 0 Å². The van der Waals surface area contributed by atoms with Crippen molar-refractivity contribution >= 4 is 22.6 Å². The van der Waals surface area contributed by atoms with Gasteiger partial charge < -0.3 is 4.90 Å². The van der Waals surface area contributed by atoms with Crippen molar-refractivity contribution in [1.82, 2.24) is 0 Å². The molecule has 5 aromatic carbocycles. The van der Waals surface area contributed by atoms with E-state index in [0.29, 0.717) is 11.1 Å². The highest BCUT2D eigenvalue weighted by atomic mass is 15.2. The van der Waals surface area contributed by atoms with Gasteiger partial charge in [0.1, 0.15) is 0 Å². The maximum Gasteiger partial charge on any atom is 0.0991 e. The third-order valence-electron chi connectivity index (χ3n) is 8.41. The van der Waals surface area contributed by atoms with E-state index in [1.807, 2.05) is 24.3 Å². The Morgan fingerprint density at radius 3 is 1.93 bits per heavy atom. The van der Waals surface area contributed by atoms with Crippen LogP contribution in [0.2, 0.25) is 0 Å². The van der Waals surface area contributed by atoms with Gasteiger partial charge in [-0.1, -0.05) is 74.2 Å². The molecule has 5 aromatic rings. The Morgan fingerprint density at radius 1 is 0.700 bits per heavy atom. The summed E-state index contributed by atoms with van der Waals surface area (Å²) in [6.07, 6.45) is 0.773. The Hall–Kier alpha value is -5.38. The van der Waals surface area contributed by atoms with E-state index in [-0.39, 0.29) is 0 Å². The average molecular weight is 512 g/mol. The number of benzene rings is 5. The van der Waals surface area contributed by atoms with Crippen molar-refractivity contribution in [3.05, 3.63) is 155 Å². The second kappa shape index (κ2) is 8.84. The molecule has 40 heavy (non-hydrogen) atoms. The normalized spacial score (nSPS) is 13.4. The van der Waals surface area contributed by atoms with Gasteiger partial charge in [-0.05, 0) is 99.5 Å². The van der Waals surface area contributed by atoms with E-state index in [0.717, 1.165) is 68.0 Å². The second-order valence-corrected chi connectivity index (χ2v) is 10.3. The molecule has 1 aliphatic heterocycles. The molecule has 188 valence electrons. The van der Waals surface area contributed by atoms with Gasteiger partial charge in [0.2, 0.25) is 0 Å². The zero-order valence-electron chi connectivity index (χ0n) is 22.1. The summed E-state index contributed by atoms with van der Waals surface area (Å²) < 4.78 is 0. The van der Waals surface area contributed by atoms with Crippen LogP contribution in [-0.4, -0.2) is 0 Å². The van der Waals surface area contributed by atoms with Gasteiger partial charge in [0, 0.05) is 5.69 Å². The molecule has 0 atom stereocenters. The van der Waals surface area contributed by atoms with Crippen LogP contribution in [-0.2, 0) is 5.41 Å². The summed E-state index contributed by atoms with van der Waals surface area (Å²) in [5.41, 5.74) is 12.3. The minimum Gasteiger partial charge on any atom is -0.310 e. The first-order valence-corrected chi connectivity index (χ1v) is 13.5. The van der Waals surface area contributed by atoms with Crippen LogP contribution in [0, 0.1) is 22.7 Å². The standard InChI is InChI=1S/C37H25N3/c1-3-24(2)29-19-26(23-39)21-33-36(29)28-18-17-25(22-38)20-32(28)37(33)30-13-7-9-15-34(30)40(27-11-5-4-6-12-27)35-16-10-8-14-31(35)37/h4-21H,2-3H2,1H3. The van der Waals surface area contributed by atoms with Gasteiger partial charge >= 0.3 is 0 Å². The third-order valence-corrected chi connectivity index (χ3v) is 8.41. The van der Waals surface area contributed by atoms with Crippen LogP contribution >= 0.6 is 0 Å². The first-order chi connectivity index (χ1) is 19.6. The molecule has 0 bridgehead atoms. The van der Waals surface area contributed by atoms with Gasteiger partial charge in [-0.25, -0.2) is 0 Å². The Kier molecular flexibility index (Phi) is 5.24. The average Bonchev–Trinajstić information content (AvgIpc) is 3.30. The predicted molar refractivity (Wildman–Crippen MR) is 161 cm³/mol. The molecule has 0 saturated heterocycles. The fourth-order valence-electron chi connectivity index (χ4n) is 6.73. The van der Waals surface area contributed by atoms with Gasteiger partial charge in [0.05, 0.1) is 40.1 Å². The molecule has 3 nitrogen and oxygen atoms in total. The minimum atomic E-state index is -0.717. The number of hydrogen-bond acceptors (Lipinski definition) is 3. The van der Waals surface area contributed by atoms with E-state index in [1.54, 1.807) is 0 Å². The highest BCUT2D eigenvalue weighted by Crippen LogP contribution is 2.64. The molecule has 0 amide bonds. The summed E-state index contributed by atoms with van der Waals surface area (Å²) in [5.74, 6) is 0. The lowest BCUT2D eigenvalue weighted by Crippen LogP contribution is -2.36. The number of para-hydroxylation sites is 3. The lowest BCUT2D eigenvalue weighted by atomic mass is 9.64. The van der Waals surface area contributed by atoms with Crippen molar-refractivity contribution in [2.45, 2.75) is 18.8 Å². The van der Waals surface area contributed by atoms with Gasteiger partial charge in [-0.15, -0.1) is 0 Å². The monoisotopic (exact) mass is 511 g/mol. The first-order valence-electron chi connectivity index (χ1n) is 13.5. The van der Waals surface area contributed by atoms with Crippen molar-refractivity contribution < 1.29 is 0 Å². The highest BCUT2D eigenvalue weighted by molar-refractivity contribution is 5.99. The number of allylic oxidation sites excluding steroid dienone is 1. The fourth-order valence-corrected chi connectivity index (χ4v) is 6.73. The summed E-state index contributed by atoms with van der Waals surface area (Å²) in [6.45, 7) is 6.51. The summed E-state index contributed by atoms with van der Waals surface area (Å²) in [5, 5.41) is 20.2. The quantitative estimate of drug-likeness (QED) is 0.238. The molecular formula is C37H25N3. The number of anilines is 3. The van der Waals surface area contributed by atoms with Crippen LogP contribution in [0.5, 0.6) is 0 Å². The topological polar surface area (TPSA) is 50.8 Å². The molecule has 0 fully saturated rings. The lowest BCUT2D eigenvalue weighted by Gasteiger charge is -2.45. The van der Waals surface area contributed by atoms with Crippen molar-refractivity contribution in [1.29, 1.82) is 10.5 Å². The summed E-state index contributed by atoms with van der Waals surface area (Å²) in [4.78, 5) is 2.32. The zero-order chi connectivity index (χ0) is 27.4. The molecule has 2 aliphatic rings. The van der Waals surface area contributed by atoms with Gasteiger partial charge in [0.15, 0.2) is 0 Å². The van der Waals surface area contributed by atoms with Crippen LogP contribution in [0.1, 0.15) is 52.3 Å². The Bertz CT molecular complexity index is 1890. The van der Waals surface area contributed by atoms with Crippen molar-refractivity contribution in [3.63, 3.8) is 0 Å². The molecule has 1 spiro atoms. The SMILES string of the molecule is C=C(CC)c1cc(C#N)cc2c1-c1ccc(C#N)cc1C21c2ccccc2N(c2ccccc2)c2ccccc21. The molecule has 3 heteroatoms. The number of hydrogen-bond donors (Lipinski definition) is 0. The number of fused-ring (bicyclic) bond motifs is 9. The Balaban J connectivity index is 1.70. The predicted octanol–water partition coefficient (Wildman–Crippen LogP) is 9.00. The first kappa shape index (κ1) is 23.7. The van der Waals surface area contributed by atoms with Crippen LogP contribution in [0.15, 0.2) is 116 Å². The molecule has 1 aliphatic carbocycles. The van der Waals surface area contributed by atoms with Crippen LogP contribution in [0.4, 0.5) is 17.1 Å². The summed E-state index contributed by atoms with van der Waals surface area (Å²) in [7, 11) is 0. The third kappa shape index (κ3) is 3.04. The molecule has 1 heterocycles. The second-order valence-electron chi connectivity index (χ2n) is 10.3. The molecule has 0 unspecified atom stereocenters. The van der Waals surface area contributed by atoms with Gasteiger partial charge in [-0.2, -0.15) is 10.5 Å². The Morgan fingerprint density at radius 2 is 1.30 bits per heavy atom. The molecular weight excluding hydrogens is 486 g/mol. The zero-order valence-corrected chi connectivity index (χ0v) is 22.1. The maximum atomic E-state index is 10.2. The molecule has 0 aromatic heterocycles. The Labute approximate surface area is 234 Å². The highest BCUT2D eigenvalue weighted by Gasteiger charge is 2.52. The van der Waals surface area contributed by atoms with E-state index in [4.69, 9.17) is 0 Å². The molecule has 0 radical (unpaired) electrons. The summed E-state index contributed by atoms with van der Waals surface area (Å²) >= 11 is 0. The van der Waals surface area contributed by atoms with Crippen LogP contribution in [0.25, 0.3) is 16.7 Å². The number of nitriles is 2.